The third kappa shape index (κ3) is 7.60. The number of carbonyl (C=O) groups excluding carboxylic acids is 1. The molecular formula is C32H38N4O4. The first kappa shape index (κ1) is 27.6. The number of hydrogen-bond acceptors (Lipinski definition) is 6. The number of piperidine rings is 1. The van der Waals surface area contributed by atoms with Gasteiger partial charge >= 0.3 is 5.97 Å². The molecule has 5 rings (SSSR count). The standard InChI is InChI=1S/C32H38N4O4/c37-30(38)21-29(24-8-4-14-28(20-24)40-27-12-2-1-3-13-27)35-32(39)25-10-6-18-36(22-25)19-7-11-26-16-15-23-9-5-17-33-31(23)34-26/h1-4,8,12-16,20,25,29H,5-7,9-11,17-19,21-22H2,(H,33,34)(H,35,39)(H,37,38)/t25-,29?/m1/s1. The molecular weight excluding hydrogens is 504 g/mol. The Bertz CT molecular complexity index is 1300. The second-order valence-corrected chi connectivity index (χ2v) is 10.7. The van der Waals surface area contributed by atoms with Gasteiger partial charge in [0.05, 0.1) is 18.4 Å². The van der Waals surface area contributed by atoms with Crippen LogP contribution in [-0.2, 0) is 22.4 Å². The summed E-state index contributed by atoms with van der Waals surface area (Å²) < 4.78 is 5.93. The second kappa shape index (κ2) is 13.4. The molecule has 3 N–H and O–H groups in total. The molecule has 1 unspecified atom stereocenters. The number of hydrogen-bond donors (Lipinski definition) is 3. The van der Waals surface area contributed by atoms with Crippen molar-refractivity contribution >= 4 is 17.7 Å². The molecule has 0 saturated carbocycles. The molecule has 1 aromatic heterocycles. The van der Waals surface area contributed by atoms with E-state index in [0.717, 1.165) is 69.7 Å². The van der Waals surface area contributed by atoms with Crippen molar-refractivity contribution < 1.29 is 19.4 Å². The molecule has 1 fully saturated rings. The number of aryl methyl sites for hydroxylation is 2. The molecule has 0 spiro atoms. The Morgan fingerprint density at radius 2 is 1.93 bits per heavy atom. The zero-order valence-corrected chi connectivity index (χ0v) is 22.9. The Balaban J connectivity index is 1.16. The molecule has 8 heteroatoms. The van der Waals surface area contributed by atoms with Crippen molar-refractivity contribution in [1.82, 2.24) is 15.2 Å². The van der Waals surface area contributed by atoms with Gasteiger partial charge in [0.15, 0.2) is 0 Å². The number of anilines is 1. The summed E-state index contributed by atoms with van der Waals surface area (Å²) in [6, 6.07) is 20.4. The largest absolute Gasteiger partial charge is 0.481 e. The van der Waals surface area contributed by atoms with E-state index in [1.165, 1.54) is 5.56 Å². The van der Waals surface area contributed by atoms with Crippen LogP contribution in [0.5, 0.6) is 11.5 Å². The van der Waals surface area contributed by atoms with Crippen LogP contribution in [0.25, 0.3) is 0 Å². The molecule has 1 amide bonds. The number of aromatic nitrogens is 1. The number of nitrogens with one attached hydrogen (secondary N) is 2. The van der Waals surface area contributed by atoms with Crippen LogP contribution in [-0.4, -0.2) is 53.0 Å². The fraction of sp³-hybridized carbons (Fsp3) is 0.406. The van der Waals surface area contributed by atoms with Crippen molar-refractivity contribution in [1.29, 1.82) is 0 Å². The highest BCUT2D eigenvalue weighted by atomic mass is 16.5. The number of para-hydroxylation sites is 1. The minimum atomic E-state index is -0.962. The lowest BCUT2D eigenvalue weighted by molar-refractivity contribution is -0.138. The average Bonchev–Trinajstić information content (AvgIpc) is 2.97. The lowest BCUT2D eigenvalue weighted by atomic mass is 9.95. The van der Waals surface area contributed by atoms with E-state index < -0.39 is 12.0 Å². The first-order valence-electron chi connectivity index (χ1n) is 14.3. The highest BCUT2D eigenvalue weighted by Crippen LogP contribution is 2.27. The van der Waals surface area contributed by atoms with Gasteiger partial charge < -0.3 is 25.4 Å². The number of ether oxygens (including phenoxy) is 1. The van der Waals surface area contributed by atoms with Gasteiger partial charge in [-0.15, -0.1) is 0 Å². The van der Waals surface area contributed by atoms with E-state index in [4.69, 9.17) is 9.72 Å². The Morgan fingerprint density at radius 1 is 1.07 bits per heavy atom. The van der Waals surface area contributed by atoms with Crippen molar-refractivity contribution in [2.24, 2.45) is 5.92 Å². The lowest BCUT2D eigenvalue weighted by Crippen LogP contribution is -2.44. The van der Waals surface area contributed by atoms with Gasteiger partial charge in [-0.2, -0.15) is 0 Å². The number of carboxylic acid groups (broad SMARTS) is 1. The van der Waals surface area contributed by atoms with Crippen LogP contribution in [0.1, 0.15) is 55.0 Å². The maximum atomic E-state index is 13.3. The fourth-order valence-corrected chi connectivity index (χ4v) is 5.60. The van der Waals surface area contributed by atoms with Crippen molar-refractivity contribution in [2.75, 3.05) is 31.5 Å². The van der Waals surface area contributed by atoms with E-state index in [0.29, 0.717) is 23.6 Å². The van der Waals surface area contributed by atoms with Crippen LogP contribution in [0.2, 0.25) is 0 Å². The summed E-state index contributed by atoms with van der Waals surface area (Å²) in [6.45, 7) is 3.55. The first-order chi connectivity index (χ1) is 19.5. The molecule has 2 atom stereocenters. The predicted molar refractivity (Wildman–Crippen MR) is 155 cm³/mol. The number of aliphatic carboxylic acids is 1. The summed E-state index contributed by atoms with van der Waals surface area (Å²) in [6.07, 6.45) is 5.69. The van der Waals surface area contributed by atoms with Crippen LogP contribution in [0, 0.1) is 5.92 Å². The number of carbonyl (C=O) groups is 2. The number of likely N-dealkylation sites (tertiary alicyclic amines) is 1. The number of rotatable bonds is 11. The zero-order valence-electron chi connectivity index (χ0n) is 22.9. The molecule has 2 aromatic carbocycles. The van der Waals surface area contributed by atoms with Gasteiger partial charge in [0.1, 0.15) is 17.3 Å². The van der Waals surface area contributed by atoms with Crippen LogP contribution < -0.4 is 15.4 Å². The average molecular weight is 543 g/mol. The number of fused-ring (bicyclic) bond motifs is 1. The SMILES string of the molecule is O=C(O)CC(NC(=O)[C@@H]1CCCN(CCCc2ccc3c(n2)NCCC3)C1)c1cccc(Oc2ccccc2)c1. The van der Waals surface area contributed by atoms with Gasteiger partial charge in [-0.3, -0.25) is 9.59 Å². The van der Waals surface area contributed by atoms with Gasteiger partial charge in [-0.05, 0) is 93.1 Å². The third-order valence-electron chi connectivity index (χ3n) is 7.67. The molecule has 0 aliphatic carbocycles. The summed E-state index contributed by atoms with van der Waals surface area (Å²) >= 11 is 0. The predicted octanol–water partition coefficient (Wildman–Crippen LogP) is 5.21. The minimum Gasteiger partial charge on any atom is -0.481 e. The summed E-state index contributed by atoms with van der Waals surface area (Å²) in [7, 11) is 0. The van der Waals surface area contributed by atoms with Crippen molar-refractivity contribution in [3.63, 3.8) is 0 Å². The number of pyridine rings is 1. The van der Waals surface area contributed by atoms with E-state index in [1.54, 1.807) is 6.07 Å². The Hall–Kier alpha value is -3.91. The van der Waals surface area contributed by atoms with Crippen LogP contribution in [0.4, 0.5) is 5.82 Å². The van der Waals surface area contributed by atoms with Crippen LogP contribution in [0.15, 0.2) is 66.7 Å². The van der Waals surface area contributed by atoms with E-state index >= 15 is 0 Å². The zero-order chi connectivity index (χ0) is 27.7. The van der Waals surface area contributed by atoms with Crippen molar-refractivity contribution in [3.05, 3.63) is 83.6 Å². The normalized spacial score (nSPS) is 17.8. The maximum Gasteiger partial charge on any atom is 0.305 e. The van der Waals surface area contributed by atoms with Gasteiger partial charge in [-0.25, -0.2) is 4.98 Å². The van der Waals surface area contributed by atoms with Gasteiger partial charge in [0.25, 0.3) is 0 Å². The Kier molecular flexibility index (Phi) is 9.29. The highest BCUT2D eigenvalue weighted by Gasteiger charge is 2.28. The molecule has 0 bridgehead atoms. The van der Waals surface area contributed by atoms with Crippen LogP contribution >= 0.6 is 0 Å². The van der Waals surface area contributed by atoms with Gasteiger partial charge in [0, 0.05) is 18.8 Å². The van der Waals surface area contributed by atoms with Gasteiger partial charge in [-0.1, -0.05) is 36.4 Å². The summed E-state index contributed by atoms with van der Waals surface area (Å²) in [5.74, 6) is 1.11. The molecule has 210 valence electrons. The Labute approximate surface area is 235 Å². The minimum absolute atomic E-state index is 0.0900. The topological polar surface area (TPSA) is 104 Å². The van der Waals surface area contributed by atoms with E-state index in [-0.39, 0.29) is 18.2 Å². The number of nitrogens with zero attached hydrogens (tertiary/aromatic N) is 2. The van der Waals surface area contributed by atoms with E-state index in [9.17, 15) is 14.7 Å². The molecule has 40 heavy (non-hydrogen) atoms. The summed E-state index contributed by atoms with van der Waals surface area (Å²) in [4.78, 5) is 32.2. The lowest BCUT2D eigenvalue weighted by Gasteiger charge is -2.33. The monoisotopic (exact) mass is 542 g/mol. The molecule has 2 aliphatic heterocycles. The molecule has 0 radical (unpaired) electrons. The smallest absolute Gasteiger partial charge is 0.305 e. The summed E-state index contributed by atoms with van der Waals surface area (Å²) in [5.41, 5.74) is 3.12. The van der Waals surface area contributed by atoms with E-state index in [1.807, 2.05) is 48.5 Å². The van der Waals surface area contributed by atoms with E-state index in [2.05, 4.69) is 27.7 Å². The highest BCUT2D eigenvalue weighted by molar-refractivity contribution is 5.80. The Morgan fingerprint density at radius 3 is 2.77 bits per heavy atom. The molecule has 1 saturated heterocycles. The van der Waals surface area contributed by atoms with Crippen molar-refractivity contribution in [3.8, 4) is 11.5 Å². The van der Waals surface area contributed by atoms with Gasteiger partial charge in [0.2, 0.25) is 5.91 Å². The van der Waals surface area contributed by atoms with Crippen LogP contribution in [0.3, 0.4) is 0 Å². The quantitative estimate of drug-likeness (QED) is 0.306. The second-order valence-electron chi connectivity index (χ2n) is 10.7. The summed E-state index contributed by atoms with van der Waals surface area (Å²) in [5, 5.41) is 16.0. The number of benzene rings is 2. The molecule has 2 aliphatic rings. The first-order valence-corrected chi connectivity index (χ1v) is 14.3. The maximum absolute atomic E-state index is 13.3. The number of carboxylic acids is 1. The van der Waals surface area contributed by atoms with Crippen molar-refractivity contribution in [2.45, 2.75) is 51.0 Å². The number of amides is 1. The molecule has 3 heterocycles. The molecule has 8 nitrogen and oxygen atoms in total. The fourth-order valence-electron chi connectivity index (χ4n) is 5.60. The third-order valence-corrected chi connectivity index (χ3v) is 7.67. The molecule has 3 aromatic rings.